The second kappa shape index (κ2) is 7.31. The van der Waals surface area contributed by atoms with Gasteiger partial charge < -0.3 is 9.15 Å². The molecular weight excluding hydrogens is 332 g/mol. The zero-order valence-corrected chi connectivity index (χ0v) is 13.8. The summed E-state index contributed by atoms with van der Waals surface area (Å²) in [5.41, 5.74) is 1.31. The Kier molecular flexibility index (Phi) is 2.78. The molecule has 4 heterocycles. The molecule has 1 fully saturated rings. The predicted molar refractivity (Wildman–Crippen MR) is 95.7 cm³/mol. The molecule has 7 nitrogen and oxygen atoms in total. The summed E-state index contributed by atoms with van der Waals surface area (Å²) in [7, 11) is 0. The molecule has 0 N–H and O–H groups in total. The fourth-order valence-electron chi connectivity index (χ4n) is 2.49. The van der Waals surface area contributed by atoms with Crippen molar-refractivity contribution < 1.29 is 24.9 Å². The average Bonchev–Trinajstić information content (AvgIpc) is 3.16. The molecule has 1 saturated heterocycles. The molecule has 0 unspecified atom stereocenters. The van der Waals surface area contributed by atoms with Crippen LogP contribution in [0.2, 0.25) is 0 Å². The third-order valence-corrected chi connectivity index (χ3v) is 3.68. The number of pyridine rings is 2. The highest BCUT2D eigenvalue weighted by molar-refractivity contribution is 5.85. The highest BCUT2D eigenvalue weighted by Crippen LogP contribution is 2.21. The van der Waals surface area contributed by atoms with Crippen molar-refractivity contribution >= 4 is 16.7 Å². The van der Waals surface area contributed by atoms with Gasteiger partial charge in [-0.2, -0.15) is 0 Å². The third kappa shape index (κ3) is 3.79. The molecule has 0 radical (unpaired) electrons. The maximum absolute atomic E-state index is 12.8. The smallest absolute Gasteiger partial charge is 0.191 e. The first kappa shape index (κ1) is 9.89. The van der Waals surface area contributed by atoms with Crippen LogP contribution in [0.3, 0.4) is 0 Å². The molecule has 26 heavy (non-hydrogen) atoms. The Balaban J connectivity index is 1.58. The lowest BCUT2D eigenvalue weighted by molar-refractivity contribution is -0.120. The van der Waals surface area contributed by atoms with Crippen molar-refractivity contribution in [1.29, 1.82) is 0 Å². The third-order valence-electron chi connectivity index (χ3n) is 3.68. The number of ketones is 1. The number of rotatable bonds is 5. The van der Waals surface area contributed by atoms with Crippen LogP contribution >= 0.6 is 0 Å². The summed E-state index contributed by atoms with van der Waals surface area (Å²) < 4.78 is 72.8. The predicted octanol–water partition coefficient (Wildman–Crippen LogP) is 2.04. The van der Waals surface area contributed by atoms with Gasteiger partial charge in [0.1, 0.15) is 5.69 Å². The minimum absolute atomic E-state index is 0.218. The molecule has 1 aliphatic rings. The monoisotopic (exact) mass is 360 g/mol. The molecule has 0 saturated carbocycles. The summed E-state index contributed by atoms with van der Waals surface area (Å²) in [6.07, 6.45) is 2.71. The molecule has 3 aromatic heterocycles. The minimum atomic E-state index is -3.21. The Hall–Kier alpha value is -2.64. The lowest BCUT2D eigenvalue weighted by atomic mass is 10.1. The van der Waals surface area contributed by atoms with Gasteiger partial charge in [0.15, 0.2) is 17.4 Å². The summed E-state index contributed by atoms with van der Waals surface area (Å²) in [4.78, 5) is 25.7. The molecular formula is C19H20N4O3. The van der Waals surface area contributed by atoms with E-state index in [0.29, 0.717) is 28.2 Å². The molecule has 134 valence electrons. The standard InChI is InChI=1S/C19H20N4O3/c1-13-20-11-19(26-13)17-3-2-14-10-21-15(9-18(14)22-17)8-16(24)12-23-4-6-25-7-5-23/h2-3,9-11H,4-8,12H2,1H3/i4D2,5D2,6D2,7D2. The van der Waals surface area contributed by atoms with Crippen molar-refractivity contribution in [1.82, 2.24) is 19.9 Å². The Bertz CT molecular complexity index is 1240. The number of oxazole rings is 1. The number of carbonyl (C=O) groups is 1. The number of Topliss-reactive ketones (excluding diaryl/α,β-unsaturated/α-hetero) is 1. The maximum Gasteiger partial charge on any atom is 0.191 e. The summed E-state index contributed by atoms with van der Waals surface area (Å²) in [6, 6.07) is 5.06. The molecule has 0 atom stereocenters. The van der Waals surface area contributed by atoms with E-state index in [9.17, 15) is 4.79 Å². The number of aromatic nitrogens is 3. The van der Waals surface area contributed by atoms with Crippen LogP contribution in [-0.2, 0) is 16.0 Å². The maximum atomic E-state index is 12.8. The molecule has 7 heteroatoms. The quantitative estimate of drug-likeness (QED) is 0.688. The van der Waals surface area contributed by atoms with E-state index in [1.165, 1.54) is 12.4 Å². The van der Waals surface area contributed by atoms with E-state index < -0.39 is 38.4 Å². The molecule has 0 amide bonds. The lowest BCUT2D eigenvalue weighted by Crippen LogP contribution is -2.39. The van der Waals surface area contributed by atoms with E-state index in [1.807, 2.05) is 0 Å². The highest BCUT2D eigenvalue weighted by atomic mass is 16.5. The number of hydrogen-bond acceptors (Lipinski definition) is 7. The molecule has 0 aliphatic carbocycles. The van der Waals surface area contributed by atoms with E-state index in [4.69, 9.17) is 15.4 Å². The van der Waals surface area contributed by atoms with Crippen LogP contribution in [0.4, 0.5) is 0 Å². The summed E-state index contributed by atoms with van der Waals surface area (Å²) >= 11 is 0. The summed E-state index contributed by atoms with van der Waals surface area (Å²) in [5.74, 6) is 0.249. The van der Waals surface area contributed by atoms with Gasteiger partial charge in [-0.3, -0.25) is 14.7 Å². The van der Waals surface area contributed by atoms with Crippen molar-refractivity contribution in [2.75, 3.05) is 32.7 Å². The molecule has 3 aromatic rings. The van der Waals surface area contributed by atoms with Crippen LogP contribution in [-0.4, -0.2) is 58.3 Å². The SMILES string of the molecule is [2H]C1([2H])OC([2H])([2H])C([2H])([2H])N(CC(=O)Cc2cc3nc(-c4cnc(C)o4)ccc3cn2)C1([2H])[2H]. The number of morpholine rings is 1. The van der Waals surface area contributed by atoms with Gasteiger partial charge in [0.25, 0.3) is 0 Å². The Morgan fingerprint density at radius 1 is 1.27 bits per heavy atom. The van der Waals surface area contributed by atoms with Gasteiger partial charge in [-0.1, -0.05) is 0 Å². The van der Waals surface area contributed by atoms with Crippen molar-refractivity contribution in [2.45, 2.75) is 13.3 Å². The topological polar surface area (TPSA) is 81.4 Å². The van der Waals surface area contributed by atoms with Crippen molar-refractivity contribution in [3.63, 3.8) is 0 Å². The van der Waals surface area contributed by atoms with E-state index in [2.05, 4.69) is 19.7 Å². The Labute approximate surface area is 162 Å². The van der Waals surface area contributed by atoms with Gasteiger partial charge in [0.2, 0.25) is 0 Å². The number of carbonyl (C=O) groups excluding carboxylic acids is 1. The van der Waals surface area contributed by atoms with Crippen LogP contribution in [0.5, 0.6) is 0 Å². The highest BCUT2D eigenvalue weighted by Gasteiger charge is 2.15. The molecule has 0 bridgehead atoms. The molecule has 0 aromatic carbocycles. The summed E-state index contributed by atoms with van der Waals surface area (Å²) in [6.45, 7) is -11.9. The molecule has 1 aliphatic heterocycles. The fourth-order valence-corrected chi connectivity index (χ4v) is 2.49. The fraction of sp³-hybridized carbons (Fsp3) is 0.368. The van der Waals surface area contributed by atoms with Crippen LogP contribution in [0.1, 0.15) is 22.6 Å². The van der Waals surface area contributed by atoms with Crippen LogP contribution < -0.4 is 0 Å². The van der Waals surface area contributed by atoms with Gasteiger partial charge in [0.05, 0.1) is 43.3 Å². The van der Waals surface area contributed by atoms with Crippen molar-refractivity contribution in [3.05, 3.63) is 42.2 Å². The van der Waals surface area contributed by atoms with E-state index >= 15 is 0 Å². The van der Waals surface area contributed by atoms with Gasteiger partial charge in [-0.05, 0) is 18.2 Å². The molecule has 0 spiro atoms. The van der Waals surface area contributed by atoms with Crippen LogP contribution in [0.15, 0.2) is 35.0 Å². The first-order valence-electron chi connectivity index (χ1n) is 11.8. The minimum Gasteiger partial charge on any atom is -0.439 e. The van der Waals surface area contributed by atoms with Crippen LogP contribution in [0.25, 0.3) is 22.4 Å². The number of ether oxygens (including phenoxy) is 1. The summed E-state index contributed by atoms with van der Waals surface area (Å²) in [5, 5.41) is 0.693. The number of aryl methyl sites for hydroxylation is 1. The van der Waals surface area contributed by atoms with Gasteiger partial charge in [0, 0.05) is 42.7 Å². The zero-order chi connectivity index (χ0) is 25.1. The Morgan fingerprint density at radius 3 is 2.88 bits per heavy atom. The zero-order valence-electron chi connectivity index (χ0n) is 21.8. The van der Waals surface area contributed by atoms with Gasteiger partial charge in [-0.15, -0.1) is 0 Å². The normalized spacial score (nSPS) is 27.7. The Morgan fingerprint density at radius 2 is 2.12 bits per heavy atom. The molecule has 4 rings (SSSR count). The lowest BCUT2D eigenvalue weighted by Gasteiger charge is -2.25. The second-order valence-electron chi connectivity index (χ2n) is 5.64. The van der Waals surface area contributed by atoms with Crippen molar-refractivity contribution in [2.24, 2.45) is 0 Å². The van der Waals surface area contributed by atoms with Gasteiger partial charge >= 0.3 is 0 Å². The largest absolute Gasteiger partial charge is 0.439 e. The van der Waals surface area contributed by atoms with E-state index in [-0.39, 0.29) is 17.0 Å². The van der Waals surface area contributed by atoms with E-state index in [1.54, 1.807) is 25.1 Å². The second-order valence-corrected chi connectivity index (χ2v) is 5.64. The van der Waals surface area contributed by atoms with E-state index in [0.717, 1.165) is 0 Å². The average molecular weight is 360 g/mol. The number of hydrogen-bond donors (Lipinski definition) is 0. The van der Waals surface area contributed by atoms with Crippen LogP contribution in [0, 0.1) is 6.92 Å². The first-order valence-corrected chi connectivity index (χ1v) is 7.82. The van der Waals surface area contributed by atoms with Gasteiger partial charge in [-0.25, -0.2) is 9.97 Å². The van der Waals surface area contributed by atoms with Crippen molar-refractivity contribution in [3.8, 4) is 11.5 Å². The first-order chi connectivity index (χ1) is 15.6. The number of fused-ring (bicyclic) bond motifs is 1. The number of nitrogens with zero attached hydrogens (tertiary/aromatic N) is 4.